The highest BCUT2D eigenvalue weighted by molar-refractivity contribution is 5.07. The number of likely N-dealkylation sites (tertiary alicyclic amines) is 1. The van der Waals surface area contributed by atoms with E-state index in [0.29, 0.717) is 24.7 Å². The lowest BCUT2D eigenvalue weighted by Gasteiger charge is -2.48. The highest BCUT2D eigenvalue weighted by Crippen LogP contribution is 2.25. The average Bonchev–Trinajstić information content (AvgIpc) is 3.10. The van der Waals surface area contributed by atoms with Crippen molar-refractivity contribution in [2.24, 2.45) is 0 Å². The minimum atomic E-state index is 0.262. The molecule has 6 nitrogen and oxygen atoms in total. The van der Waals surface area contributed by atoms with Crippen LogP contribution >= 0.6 is 0 Å². The molecule has 27 heavy (non-hydrogen) atoms. The number of ether oxygens (including phenoxy) is 1. The van der Waals surface area contributed by atoms with E-state index in [-0.39, 0.29) is 6.61 Å². The summed E-state index contributed by atoms with van der Waals surface area (Å²) in [6, 6.07) is 5.81. The minimum Gasteiger partial charge on any atom is -0.462 e. The third kappa shape index (κ3) is 5.55. The largest absolute Gasteiger partial charge is 0.462 e. The topological polar surface area (TPSA) is 52.3 Å². The van der Waals surface area contributed by atoms with Gasteiger partial charge in [-0.25, -0.2) is 0 Å². The maximum absolute atomic E-state index is 9.60. The van der Waals surface area contributed by atoms with Crippen molar-refractivity contribution < 1.29 is 14.3 Å². The molecule has 0 spiro atoms. The second-order valence-electron chi connectivity index (χ2n) is 8.30. The maximum Gasteiger partial charge on any atom is 0.129 e. The Morgan fingerprint density at radius 2 is 1.89 bits per heavy atom. The first kappa shape index (κ1) is 20.8. The van der Waals surface area contributed by atoms with Crippen LogP contribution in [0.3, 0.4) is 0 Å². The van der Waals surface area contributed by atoms with Gasteiger partial charge < -0.3 is 19.2 Å². The molecule has 2 aliphatic heterocycles. The number of methoxy groups -OCH3 is 1. The third-order valence-electron chi connectivity index (χ3n) is 6.16. The van der Waals surface area contributed by atoms with Crippen LogP contribution in [0.2, 0.25) is 0 Å². The molecule has 3 rings (SSSR count). The first-order valence-electron chi connectivity index (χ1n) is 10.5. The molecule has 154 valence electrons. The predicted molar refractivity (Wildman–Crippen MR) is 107 cm³/mol. The molecule has 0 aromatic carbocycles. The summed E-state index contributed by atoms with van der Waals surface area (Å²) in [6.07, 6.45) is 3.35. The molecule has 1 aromatic rings. The highest BCUT2D eigenvalue weighted by atomic mass is 16.5. The number of nitrogens with zero attached hydrogens (tertiary/aromatic N) is 3. The van der Waals surface area contributed by atoms with Crippen LogP contribution in [0.5, 0.6) is 0 Å². The van der Waals surface area contributed by atoms with E-state index in [2.05, 4.69) is 34.6 Å². The molecule has 6 heteroatoms. The lowest BCUT2D eigenvalue weighted by atomic mass is 9.97. The second kappa shape index (κ2) is 10.0. The molecule has 2 aliphatic rings. The van der Waals surface area contributed by atoms with Crippen LogP contribution in [-0.4, -0.2) is 84.4 Å². The number of aliphatic hydroxyl groups is 1. The van der Waals surface area contributed by atoms with Gasteiger partial charge in [-0.05, 0) is 58.3 Å². The van der Waals surface area contributed by atoms with Gasteiger partial charge in [0.1, 0.15) is 18.1 Å². The van der Waals surface area contributed by atoms with Crippen LogP contribution in [0.1, 0.15) is 44.6 Å². The molecule has 0 saturated carbocycles. The molecule has 2 fully saturated rings. The van der Waals surface area contributed by atoms with Crippen molar-refractivity contribution in [3.05, 3.63) is 23.7 Å². The molecule has 1 atom stereocenters. The Morgan fingerprint density at radius 1 is 1.15 bits per heavy atom. The standard InChI is InChI=1S/C21H37N3O3/c1-17(2)23-9-6-18(7-10-23)24-12-11-22(14-19(24)8-13-25)15-20-4-5-21(27-20)16-26-3/h4-5,17-19,25H,6-16H2,1-3H3/t19-/m1/s1. The predicted octanol–water partition coefficient (Wildman–Crippen LogP) is 2.17. The second-order valence-corrected chi connectivity index (χ2v) is 8.30. The van der Waals surface area contributed by atoms with Crippen molar-refractivity contribution in [2.75, 3.05) is 46.4 Å². The molecule has 0 radical (unpaired) electrons. The number of piperazine rings is 1. The summed E-state index contributed by atoms with van der Waals surface area (Å²) in [5.74, 6) is 1.89. The van der Waals surface area contributed by atoms with Gasteiger partial charge in [0, 0.05) is 51.5 Å². The monoisotopic (exact) mass is 379 g/mol. The van der Waals surface area contributed by atoms with Gasteiger partial charge >= 0.3 is 0 Å². The van der Waals surface area contributed by atoms with Crippen LogP contribution < -0.4 is 0 Å². The number of rotatable bonds is 8. The Balaban J connectivity index is 1.54. The van der Waals surface area contributed by atoms with E-state index < -0.39 is 0 Å². The zero-order valence-electron chi connectivity index (χ0n) is 17.3. The summed E-state index contributed by atoms with van der Waals surface area (Å²) in [4.78, 5) is 7.74. The van der Waals surface area contributed by atoms with Gasteiger partial charge in [-0.15, -0.1) is 0 Å². The Labute approximate surface area is 164 Å². The maximum atomic E-state index is 9.60. The number of furan rings is 1. The van der Waals surface area contributed by atoms with Gasteiger partial charge in [0.15, 0.2) is 0 Å². The normalized spacial score (nSPS) is 24.1. The zero-order chi connectivity index (χ0) is 19.2. The fourth-order valence-electron chi connectivity index (χ4n) is 4.65. The van der Waals surface area contributed by atoms with Crippen molar-refractivity contribution in [1.82, 2.24) is 14.7 Å². The molecule has 0 unspecified atom stereocenters. The summed E-state index contributed by atoms with van der Waals surface area (Å²) < 4.78 is 11.0. The van der Waals surface area contributed by atoms with E-state index in [9.17, 15) is 5.11 Å². The van der Waals surface area contributed by atoms with Gasteiger partial charge in [0.05, 0.1) is 6.54 Å². The molecule has 1 N–H and O–H groups in total. The summed E-state index contributed by atoms with van der Waals surface area (Å²) in [5.41, 5.74) is 0. The van der Waals surface area contributed by atoms with Crippen molar-refractivity contribution in [3.8, 4) is 0 Å². The minimum absolute atomic E-state index is 0.262. The molecule has 3 heterocycles. The van der Waals surface area contributed by atoms with E-state index in [4.69, 9.17) is 9.15 Å². The van der Waals surface area contributed by atoms with Gasteiger partial charge in [0.2, 0.25) is 0 Å². The fraction of sp³-hybridized carbons (Fsp3) is 0.810. The smallest absolute Gasteiger partial charge is 0.129 e. The molecule has 0 amide bonds. The molecule has 1 aromatic heterocycles. The van der Waals surface area contributed by atoms with Gasteiger partial charge in [0.25, 0.3) is 0 Å². The Morgan fingerprint density at radius 3 is 2.56 bits per heavy atom. The lowest BCUT2D eigenvalue weighted by molar-refractivity contribution is -0.00181. The van der Waals surface area contributed by atoms with Crippen molar-refractivity contribution in [2.45, 2.75) is 64.4 Å². The first-order valence-corrected chi connectivity index (χ1v) is 10.5. The van der Waals surface area contributed by atoms with Crippen LogP contribution in [0.4, 0.5) is 0 Å². The summed E-state index contributed by atoms with van der Waals surface area (Å²) in [6.45, 7) is 11.8. The number of hydrogen-bond donors (Lipinski definition) is 1. The van der Waals surface area contributed by atoms with Crippen molar-refractivity contribution >= 4 is 0 Å². The fourth-order valence-corrected chi connectivity index (χ4v) is 4.65. The summed E-state index contributed by atoms with van der Waals surface area (Å²) in [5, 5.41) is 9.60. The van der Waals surface area contributed by atoms with E-state index >= 15 is 0 Å². The average molecular weight is 380 g/mol. The zero-order valence-corrected chi connectivity index (χ0v) is 17.3. The molecule has 0 bridgehead atoms. The molecule has 0 aliphatic carbocycles. The van der Waals surface area contributed by atoms with Crippen molar-refractivity contribution in [3.63, 3.8) is 0 Å². The first-order chi connectivity index (χ1) is 13.1. The van der Waals surface area contributed by atoms with Crippen LogP contribution in [0.15, 0.2) is 16.5 Å². The Hall–Kier alpha value is -0.920. The van der Waals surface area contributed by atoms with Gasteiger partial charge in [-0.3, -0.25) is 9.80 Å². The number of hydrogen-bond acceptors (Lipinski definition) is 6. The summed E-state index contributed by atoms with van der Waals surface area (Å²) in [7, 11) is 1.69. The molecular formula is C21H37N3O3. The SMILES string of the molecule is COCc1ccc(CN2CCN(C3CCN(C(C)C)CC3)[C@H](CCO)C2)o1. The highest BCUT2D eigenvalue weighted by Gasteiger charge is 2.34. The third-order valence-corrected chi connectivity index (χ3v) is 6.16. The molecular weight excluding hydrogens is 342 g/mol. The summed E-state index contributed by atoms with van der Waals surface area (Å²) >= 11 is 0. The van der Waals surface area contributed by atoms with Crippen LogP contribution in [0, 0.1) is 0 Å². The van der Waals surface area contributed by atoms with Crippen LogP contribution in [-0.2, 0) is 17.9 Å². The Kier molecular flexibility index (Phi) is 7.73. The lowest BCUT2D eigenvalue weighted by Crippen LogP contribution is -2.58. The molecule has 2 saturated heterocycles. The van der Waals surface area contributed by atoms with Crippen LogP contribution in [0.25, 0.3) is 0 Å². The van der Waals surface area contributed by atoms with Gasteiger partial charge in [-0.1, -0.05) is 0 Å². The Bertz CT molecular complexity index is 555. The van der Waals surface area contributed by atoms with Gasteiger partial charge in [-0.2, -0.15) is 0 Å². The van der Waals surface area contributed by atoms with E-state index in [1.165, 1.54) is 25.9 Å². The number of aliphatic hydroxyl groups excluding tert-OH is 1. The number of piperidine rings is 1. The van der Waals surface area contributed by atoms with E-state index in [0.717, 1.165) is 44.1 Å². The van der Waals surface area contributed by atoms with Crippen molar-refractivity contribution in [1.29, 1.82) is 0 Å². The van der Waals surface area contributed by atoms with E-state index in [1.807, 2.05) is 6.07 Å². The van der Waals surface area contributed by atoms with E-state index in [1.54, 1.807) is 7.11 Å². The quantitative estimate of drug-likeness (QED) is 0.747.